The molecule has 28 nitrogen and oxygen atoms in total. The lowest BCUT2D eigenvalue weighted by atomic mass is 10.0. The fourth-order valence-corrected chi connectivity index (χ4v) is 16.4. The minimum atomic E-state index is -0.555. The van der Waals surface area contributed by atoms with Crippen molar-refractivity contribution in [3.05, 3.63) is 170 Å². The molecular weight excluding hydrogens is 1540 g/mol. The Balaban J connectivity index is 0.000000163. The molecule has 7 aliphatic rings. The molecule has 0 spiro atoms. The highest BCUT2D eigenvalue weighted by atomic mass is 35.5. The van der Waals surface area contributed by atoms with Crippen LogP contribution in [0.3, 0.4) is 0 Å². The molecule has 5 amide bonds. The van der Waals surface area contributed by atoms with Crippen molar-refractivity contribution in [1.82, 2.24) is 64.6 Å². The van der Waals surface area contributed by atoms with Gasteiger partial charge in [-0.1, -0.05) is 103 Å². The second-order valence-corrected chi connectivity index (χ2v) is 33.5. The lowest BCUT2D eigenvalue weighted by Gasteiger charge is -2.45. The summed E-state index contributed by atoms with van der Waals surface area (Å²) in [6.07, 6.45) is 2.96. The van der Waals surface area contributed by atoms with Gasteiger partial charge >= 0.3 is 30.4 Å². The maximum atomic E-state index is 12.8. The molecule has 116 heavy (non-hydrogen) atoms. The van der Waals surface area contributed by atoms with Crippen LogP contribution in [0, 0.1) is 0 Å². The monoisotopic (exact) mass is 1650 g/mol. The molecule has 4 aromatic carbocycles. The molecule has 31 heteroatoms. The van der Waals surface area contributed by atoms with Gasteiger partial charge in [-0.2, -0.15) is 9.97 Å². The van der Waals surface area contributed by atoms with Gasteiger partial charge in [-0.15, -0.1) is 0 Å². The van der Waals surface area contributed by atoms with Gasteiger partial charge in [0.25, 0.3) is 0 Å². The summed E-state index contributed by atoms with van der Waals surface area (Å²) in [6, 6.07) is 31.6. The maximum Gasteiger partial charge on any atom is 0.410 e. The highest BCUT2D eigenvalue weighted by Crippen LogP contribution is 2.39. The Morgan fingerprint density at radius 3 is 1.56 bits per heavy atom. The standard InChI is InChI=1S/C33H42N6O4.C26H34ClN5O4.C15H13Cl2N3O2.C11H22N2O2/c1-4-31(41)39-23(2)20-38(21-24(39)3)32-28-10-12-37(30-19-26(40)18-25-8-5-6-9-27(25)30)22-29(28)34-33(35-32)43-15-7-11-36-13-16-42-17-14-36;1-17-13-31(14-18(2)32(17)25(34)36-26(3,4)5)22-20-11-12-30(15-21(20)28-23(27)29-22)24(33)35-16-19-9-7-6-8-10-19;16-13-11-6-7-20(8-12(11)18-14(17)19-13)15(21)22-9-10-4-2-1-3-5-10;1-8-6-12-7-9(2)13(8)10(14)15-11(3,4)5/h4-6,8-9,18-19,23-24,40H,1,7,10-17,20-22H2,2-3H3;6-10,17-18H,11-16H2,1-5H3;1-5H,6-9H2;8-9,12H,6-7H2,1-5H3/t23-,24+;17-,18+;;8-,9+. The number of phenols is 1. The molecule has 2 N–H and O–H groups in total. The first-order chi connectivity index (χ1) is 55.4. The zero-order chi connectivity index (χ0) is 83.1. The average Bonchev–Trinajstić information content (AvgIpc) is 0.770. The Labute approximate surface area is 695 Å². The number of carbonyl (C=O) groups excluding carboxylic acids is 5. The van der Waals surface area contributed by atoms with E-state index in [0.29, 0.717) is 95.2 Å². The number of fused-ring (bicyclic) bond motifs is 4. The Kier molecular flexibility index (Phi) is 29.8. The second kappa shape index (κ2) is 39.6. The molecule has 0 unspecified atom stereocenters. The topological polar surface area (TPSA) is 279 Å². The van der Waals surface area contributed by atoms with Crippen molar-refractivity contribution >= 4 is 93.2 Å². The number of rotatable bonds is 13. The smallest absolute Gasteiger partial charge is 0.410 e. The van der Waals surface area contributed by atoms with Crippen LogP contribution in [-0.2, 0) is 80.6 Å². The summed E-state index contributed by atoms with van der Waals surface area (Å²) in [5.41, 5.74) is 7.20. The van der Waals surface area contributed by atoms with E-state index < -0.39 is 11.2 Å². The summed E-state index contributed by atoms with van der Waals surface area (Å²) < 4.78 is 33.5. The molecule has 0 saturated carbocycles. The Bertz CT molecular complexity index is 4520. The molecule has 0 aliphatic carbocycles. The Hall–Kier alpha value is -9.58. The highest BCUT2D eigenvalue weighted by Gasteiger charge is 2.40. The quantitative estimate of drug-likeness (QED) is 0.0357. The van der Waals surface area contributed by atoms with Crippen LogP contribution in [0.25, 0.3) is 10.8 Å². The number of morpholine rings is 1. The van der Waals surface area contributed by atoms with E-state index in [1.165, 1.54) is 6.08 Å². The van der Waals surface area contributed by atoms with E-state index in [0.717, 1.165) is 133 Å². The van der Waals surface area contributed by atoms with Crippen LogP contribution in [0.2, 0.25) is 15.7 Å². The molecule has 0 bridgehead atoms. The minimum Gasteiger partial charge on any atom is -0.508 e. The summed E-state index contributed by atoms with van der Waals surface area (Å²) in [5.74, 6) is 1.88. The van der Waals surface area contributed by atoms with Crippen LogP contribution in [0.1, 0.15) is 134 Å². The van der Waals surface area contributed by atoms with Gasteiger partial charge in [0.05, 0.1) is 68.6 Å². The molecule has 14 rings (SSSR count). The number of halogens is 3. The van der Waals surface area contributed by atoms with Gasteiger partial charge in [-0.3, -0.25) is 14.6 Å². The van der Waals surface area contributed by atoms with Crippen LogP contribution in [0.4, 0.5) is 36.5 Å². The molecule has 7 aliphatic heterocycles. The van der Waals surface area contributed by atoms with E-state index in [1.807, 2.05) is 164 Å². The summed E-state index contributed by atoms with van der Waals surface area (Å²) in [7, 11) is 0. The van der Waals surface area contributed by atoms with Crippen molar-refractivity contribution in [3.63, 3.8) is 0 Å². The van der Waals surface area contributed by atoms with Crippen molar-refractivity contribution in [1.29, 1.82) is 0 Å². The lowest BCUT2D eigenvalue weighted by molar-refractivity contribution is -0.130. The average molecular weight is 1660 g/mol. The molecule has 624 valence electrons. The number of nitrogens with zero attached hydrogens (tertiary/aromatic N) is 15. The number of hydrogen-bond acceptors (Lipinski definition) is 23. The fourth-order valence-electron chi connectivity index (χ4n) is 15.7. The first kappa shape index (κ1) is 87.3. The number of piperazine rings is 3. The largest absolute Gasteiger partial charge is 0.508 e. The number of anilines is 3. The molecule has 4 fully saturated rings. The van der Waals surface area contributed by atoms with Crippen molar-refractivity contribution in [2.24, 2.45) is 0 Å². The second-order valence-electron chi connectivity index (χ2n) is 32.4. The highest BCUT2D eigenvalue weighted by molar-refractivity contribution is 6.32. The molecule has 10 heterocycles. The fraction of sp³-hybridized carbons (Fsp3) is 0.518. The van der Waals surface area contributed by atoms with Gasteiger partial charge in [0.1, 0.15) is 47.0 Å². The van der Waals surface area contributed by atoms with E-state index in [4.69, 9.17) is 73.2 Å². The Morgan fingerprint density at radius 1 is 0.543 bits per heavy atom. The minimum absolute atomic E-state index is 0.0107. The summed E-state index contributed by atoms with van der Waals surface area (Å²) in [5, 5.41) is 16.5. The van der Waals surface area contributed by atoms with E-state index >= 15 is 0 Å². The molecule has 3 aromatic heterocycles. The number of aromatic hydroxyl groups is 1. The first-order valence-corrected chi connectivity index (χ1v) is 41.1. The van der Waals surface area contributed by atoms with Crippen LogP contribution in [0.5, 0.6) is 11.8 Å². The number of phenolic OH excluding ortho intramolecular Hbond substituents is 1. The molecule has 4 saturated heterocycles. The number of aromatic nitrogens is 6. The summed E-state index contributed by atoms with van der Waals surface area (Å²) >= 11 is 18.2. The number of benzene rings is 4. The van der Waals surface area contributed by atoms with Gasteiger partial charge in [0, 0.05) is 137 Å². The Morgan fingerprint density at radius 2 is 1.02 bits per heavy atom. The third-order valence-corrected chi connectivity index (χ3v) is 21.6. The molecule has 6 atom stereocenters. The number of ether oxygens (including phenoxy) is 6. The van der Waals surface area contributed by atoms with Crippen molar-refractivity contribution in [2.75, 3.05) is 113 Å². The van der Waals surface area contributed by atoms with Crippen molar-refractivity contribution in [3.8, 4) is 11.8 Å². The zero-order valence-electron chi connectivity index (χ0n) is 68.7. The SMILES string of the molecule is C=CC(=O)N1[C@H](C)CN(c2nc(OCCCN3CCOCC3)nc3c2CCN(c2cc(O)cc4ccccc24)C3)C[C@@H]1C.C[C@@H]1CN(c2nc(Cl)nc3c2CCN(C(=O)OCc2ccccc2)C3)C[C@H](C)N1C(=O)OC(C)(C)C.C[C@@H]1CNC[C@H](C)N1C(=O)OC(C)(C)C.O=C(OCc1ccccc1)N1CCc2c(Cl)nc(Cl)nc2C1. The van der Waals surface area contributed by atoms with Crippen molar-refractivity contribution < 1.29 is 57.5 Å². The summed E-state index contributed by atoms with van der Waals surface area (Å²) in [6.45, 7) is 39.8. The van der Waals surface area contributed by atoms with E-state index in [1.54, 1.807) is 20.8 Å². The van der Waals surface area contributed by atoms with E-state index in [9.17, 15) is 29.1 Å². The van der Waals surface area contributed by atoms with Gasteiger partial charge < -0.3 is 73.1 Å². The van der Waals surface area contributed by atoms with Gasteiger partial charge in [-0.25, -0.2) is 39.1 Å². The predicted octanol–water partition coefficient (Wildman–Crippen LogP) is 13.4. The molecular formula is C85H111Cl3N16O12. The number of nitrogens with one attached hydrogen (secondary N) is 1. The number of amides is 5. The number of hydrogen-bond donors (Lipinski definition) is 2. The normalized spacial score (nSPS) is 20.2. The van der Waals surface area contributed by atoms with Gasteiger partial charge in [-0.05, 0) is 161 Å². The third kappa shape index (κ3) is 23.2. The lowest BCUT2D eigenvalue weighted by Crippen LogP contribution is -2.60. The van der Waals surface area contributed by atoms with Gasteiger partial charge in [0.15, 0.2) is 0 Å². The number of carbonyl (C=O) groups is 5. The molecule has 7 aromatic rings. The van der Waals surface area contributed by atoms with Crippen LogP contribution < -0.4 is 24.8 Å². The van der Waals surface area contributed by atoms with Crippen LogP contribution in [-0.4, -0.2) is 241 Å². The molecule has 0 radical (unpaired) electrons. The van der Waals surface area contributed by atoms with E-state index in [-0.39, 0.29) is 96.1 Å². The van der Waals surface area contributed by atoms with Crippen molar-refractivity contribution in [2.45, 2.75) is 189 Å². The van der Waals surface area contributed by atoms with Gasteiger partial charge in [0.2, 0.25) is 16.5 Å². The third-order valence-electron chi connectivity index (χ3n) is 21.0. The predicted molar refractivity (Wildman–Crippen MR) is 448 cm³/mol. The first-order valence-electron chi connectivity index (χ1n) is 40.0. The van der Waals surface area contributed by atoms with Crippen LogP contribution in [0.15, 0.2) is 110 Å². The summed E-state index contributed by atoms with van der Waals surface area (Å²) in [4.78, 5) is 107. The van der Waals surface area contributed by atoms with E-state index in [2.05, 4.69) is 71.3 Å². The van der Waals surface area contributed by atoms with Crippen LogP contribution >= 0.6 is 34.8 Å². The maximum absolute atomic E-state index is 12.8. The zero-order valence-corrected chi connectivity index (χ0v) is 71.0.